The molecule has 3 rings (SSSR count). The lowest BCUT2D eigenvalue weighted by molar-refractivity contribution is 0.112. The number of nitrogens with two attached hydrogens (primary N) is 2. The predicted molar refractivity (Wildman–Crippen MR) is 85.9 cm³/mol. The first-order valence-electron chi connectivity index (χ1n) is 6.67. The summed E-state index contributed by atoms with van der Waals surface area (Å²) in [7, 11) is 0. The second-order valence-corrected chi connectivity index (χ2v) is 4.80. The quantitative estimate of drug-likeness (QED) is 0.396. The highest BCUT2D eigenvalue weighted by Gasteiger charge is 2.07. The molecule has 0 aliphatic heterocycles. The van der Waals surface area contributed by atoms with E-state index in [1.165, 1.54) is 6.20 Å². The average Bonchev–Trinajstić information content (AvgIpc) is 2.53. The van der Waals surface area contributed by atoms with Crippen LogP contribution in [0.25, 0.3) is 11.2 Å². The van der Waals surface area contributed by atoms with Gasteiger partial charge in [-0.2, -0.15) is 4.98 Å². The van der Waals surface area contributed by atoms with E-state index < -0.39 is 5.56 Å². The summed E-state index contributed by atoms with van der Waals surface area (Å²) >= 11 is 0. The largest absolute Gasteiger partial charge is 0.398 e. The molecule has 2 aromatic heterocycles. The minimum atomic E-state index is -0.443. The van der Waals surface area contributed by atoms with Gasteiger partial charge in [0.15, 0.2) is 17.5 Å². The molecule has 0 aliphatic rings. The van der Waals surface area contributed by atoms with Crippen LogP contribution in [0.1, 0.15) is 16.1 Å². The highest BCUT2D eigenvalue weighted by atomic mass is 16.1. The van der Waals surface area contributed by atoms with Gasteiger partial charge in [0.25, 0.3) is 5.56 Å². The third-order valence-electron chi connectivity index (χ3n) is 3.17. The van der Waals surface area contributed by atoms with Crippen LogP contribution in [0.2, 0.25) is 0 Å². The lowest BCUT2D eigenvalue weighted by atomic mass is 10.2. The van der Waals surface area contributed by atoms with Crippen LogP contribution < -0.4 is 22.3 Å². The second kappa shape index (κ2) is 5.72. The van der Waals surface area contributed by atoms with Crippen molar-refractivity contribution in [3.63, 3.8) is 0 Å². The van der Waals surface area contributed by atoms with Gasteiger partial charge in [0.05, 0.1) is 18.4 Å². The topological polar surface area (TPSA) is 153 Å². The third-order valence-corrected chi connectivity index (χ3v) is 3.17. The lowest BCUT2D eigenvalue weighted by Crippen LogP contribution is -2.15. The van der Waals surface area contributed by atoms with Crippen LogP contribution in [0.15, 0.2) is 29.2 Å². The summed E-state index contributed by atoms with van der Waals surface area (Å²) in [6.07, 6.45) is 2.20. The van der Waals surface area contributed by atoms with Gasteiger partial charge in [-0.25, -0.2) is 9.97 Å². The van der Waals surface area contributed by atoms with Crippen molar-refractivity contribution < 1.29 is 4.79 Å². The van der Waals surface area contributed by atoms with Crippen molar-refractivity contribution in [3.05, 3.63) is 46.0 Å². The Kier molecular flexibility index (Phi) is 3.59. The predicted octanol–water partition coefficient (Wildman–Crippen LogP) is 0.302. The number of aldehydes is 1. The Hall–Kier alpha value is -3.49. The van der Waals surface area contributed by atoms with Gasteiger partial charge in [0.1, 0.15) is 0 Å². The van der Waals surface area contributed by atoms with Gasteiger partial charge in [-0.15, -0.1) is 0 Å². The fourth-order valence-corrected chi connectivity index (χ4v) is 2.04. The van der Waals surface area contributed by atoms with E-state index in [0.29, 0.717) is 29.8 Å². The van der Waals surface area contributed by atoms with Crippen LogP contribution >= 0.6 is 0 Å². The van der Waals surface area contributed by atoms with Crippen LogP contribution in [-0.4, -0.2) is 26.2 Å². The van der Waals surface area contributed by atoms with E-state index in [1.807, 2.05) is 0 Å². The Labute approximate surface area is 129 Å². The van der Waals surface area contributed by atoms with Gasteiger partial charge < -0.3 is 16.8 Å². The summed E-state index contributed by atoms with van der Waals surface area (Å²) in [4.78, 5) is 37.1. The summed E-state index contributed by atoms with van der Waals surface area (Å²) in [6.45, 7) is 0.326. The molecule has 0 saturated heterocycles. The molecule has 0 radical (unpaired) electrons. The molecule has 0 unspecified atom stereocenters. The number of nitrogens with one attached hydrogen (secondary N) is 2. The van der Waals surface area contributed by atoms with Crippen LogP contribution in [-0.2, 0) is 6.54 Å². The number of H-pyrrole nitrogens is 1. The van der Waals surface area contributed by atoms with Gasteiger partial charge in [0, 0.05) is 16.9 Å². The molecule has 0 aliphatic carbocycles. The number of fused-ring (bicyclic) bond motifs is 1. The number of rotatable bonds is 4. The molecule has 3 aromatic rings. The summed E-state index contributed by atoms with van der Waals surface area (Å²) in [5, 5.41) is 3.09. The van der Waals surface area contributed by atoms with Crippen LogP contribution in [0.5, 0.6) is 0 Å². The Bertz CT molecular complexity index is 951. The summed E-state index contributed by atoms with van der Waals surface area (Å²) in [5.74, 6) is -0.00609. The van der Waals surface area contributed by atoms with Crippen molar-refractivity contribution in [2.75, 3.05) is 16.8 Å². The number of carbonyl (C=O) groups excluding carboxylic acids is 1. The van der Waals surface area contributed by atoms with Crippen molar-refractivity contribution in [2.24, 2.45) is 0 Å². The molecule has 9 heteroatoms. The van der Waals surface area contributed by atoms with Crippen molar-refractivity contribution in [1.29, 1.82) is 0 Å². The molecule has 0 spiro atoms. The molecule has 23 heavy (non-hydrogen) atoms. The molecule has 0 amide bonds. The second-order valence-electron chi connectivity index (χ2n) is 4.80. The number of aromatic amines is 1. The summed E-state index contributed by atoms with van der Waals surface area (Å²) in [6, 6.07) is 4.99. The number of benzene rings is 1. The SMILES string of the molecule is Nc1nc2ncc(CNc3ccc(C=O)c(N)c3)nc2c(=O)[nH]1. The summed E-state index contributed by atoms with van der Waals surface area (Å²) in [5.41, 5.74) is 13.1. The van der Waals surface area contributed by atoms with E-state index in [9.17, 15) is 9.59 Å². The maximum atomic E-state index is 11.8. The van der Waals surface area contributed by atoms with E-state index >= 15 is 0 Å². The van der Waals surface area contributed by atoms with Crippen LogP contribution in [0.4, 0.5) is 17.3 Å². The van der Waals surface area contributed by atoms with Gasteiger partial charge in [-0.05, 0) is 18.2 Å². The number of hydrogen-bond acceptors (Lipinski definition) is 8. The maximum Gasteiger partial charge on any atom is 0.280 e. The minimum absolute atomic E-state index is 0.00609. The first-order valence-corrected chi connectivity index (χ1v) is 6.67. The first-order chi connectivity index (χ1) is 11.1. The Morgan fingerprint density at radius 2 is 2.09 bits per heavy atom. The molecule has 0 atom stereocenters. The van der Waals surface area contributed by atoms with E-state index in [2.05, 4.69) is 25.3 Å². The molecule has 0 fully saturated rings. The first kappa shape index (κ1) is 14.4. The maximum absolute atomic E-state index is 11.8. The van der Waals surface area contributed by atoms with Crippen molar-refractivity contribution in [3.8, 4) is 0 Å². The van der Waals surface area contributed by atoms with Crippen LogP contribution in [0.3, 0.4) is 0 Å². The zero-order chi connectivity index (χ0) is 16.4. The van der Waals surface area contributed by atoms with E-state index in [0.717, 1.165) is 5.69 Å². The van der Waals surface area contributed by atoms with Crippen molar-refractivity contribution in [1.82, 2.24) is 19.9 Å². The number of nitrogen functional groups attached to an aromatic ring is 2. The number of hydrogen-bond donors (Lipinski definition) is 4. The zero-order valence-electron chi connectivity index (χ0n) is 11.9. The average molecular weight is 311 g/mol. The Balaban J connectivity index is 1.83. The normalized spacial score (nSPS) is 10.6. The van der Waals surface area contributed by atoms with Gasteiger partial charge >= 0.3 is 0 Å². The molecule has 0 bridgehead atoms. The molecule has 9 nitrogen and oxygen atoms in total. The fraction of sp³-hybridized carbons (Fsp3) is 0.0714. The van der Waals surface area contributed by atoms with Gasteiger partial charge in [0.2, 0.25) is 5.95 Å². The minimum Gasteiger partial charge on any atom is -0.398 e. The zero-order valence-corrected chi connectivity index (χ0v) is 11.9. The van der Waals surface area contributed by atoms with E-state index in [1.54, 1.807) is 18.2 Å². The van der Waals surface area contributed by atoms with E-state index in [-0.39, 0.29) is 17.1 Å². The molecular weight excluding hydrogens is 298 g/mol. The number of nitrogens with zero attached hydrogens (tertiary/aromatic N) is 3. The molecule has 2 heterocycles. The fourth-order valence-electron chi connectivity index (χ4n) is 2.04. The Morgan fingerprint density at radius 1 is 1.26 bits per heavy atom. The number of carbonyl (C=O) groups is 1. The molecule has 116 valence electrons. The number of aromatic nitrogens is 4. The standard InChI is InChI=1S/C14H13N7O2/c15-10-3-8(2-1-7(10)6-22)17-4-9-5-18-12-11(19-9)13(23)21-14(16)20-12/h1-3,5-6,17H,4,15H2,(H3,16,18,20,21,23). The highest BCUT2D eigenvalue weighted by Crippen LogP contribution is 2.17. The van der Waals surface area contributed by atoms with E-state index in [4.69, 9.17) is 11.5 Å². The smallest absolute Gasteiger partial charge is 0.280 e. The van der Waals surface area contributed by atoms with Crippen molar-refractivity contribution in [2.45, 2.75) is 6.54 Å². The number of anilines is 3. The Morgan fingerprint density at radius 3 is 2.83 bits per heavy atom. The molecule has 0 saturated carbocycles. The summed E-state index contributed by atoms with van der Waals surface area (Å²) < 4.78 is 0. The lowest BCUT2D eigenvalue weighted by Gasteiger charge is -2.08. The van der Waals surface area contributed by atoms with Crippen LogP contribution in [0, 0.1) is 0 Å². The molecule has 1 aromatic carbocycles. The third kappa shape index (κ3) is 2.93. The highest BCUT2D eigenvalue weighted by molar-refractivity contribution is 5.84. The van der Waals surface area contributed by atoms with Crippen molar-refractivity contribution >= 4 is 34.8 Å². The van der Waals surface area contributed by atoms with Gasteiger partial charge in [-0.3, -0.25) is 14.6 Å². The monoisotopic (exact) mass is 311 g/mol. The van der Waals surface area contributed by atoms with Gasteiger partial charge in [-0.1, -0.05) is 0 Å². The molecular formula is C14H13N7O2. The molecule has 6 N–H and O–H groups in total.